The van der Waals surface area contributed by atoms with E-state index in [0.29, 0.717) is 4.53 Å². The Balaban J connectivity index is 1.41. The van der Waals surface area contributed by atoms with Crippen LogP contribution >= 0.6 is 22.7 Å². The maximum absolute atomic E-state index is 14.3. The summed E-state index contributed by atoms with van der Waals surface area (Å²) in [7, 11) is 0. The zero-order chi connectivity index (χ0) is 27.7. The number of hydrogen-bond acceptors (Lipinski definition) is 4. The molecule has 0 unspecified atom stereocenters. The summed E-state index contributed by atoms with van der Waals surface area (Å²) in [6, 6.07) is 27.5. The van der Waals surface area contributed by atoms with Gasteiger partial charge in [0.25, 0.3) is 5.56 Å². The Labute approximate surface area is 245 Å². The van der Waals surface area contributed by atoms with E-state index in [1.165, 1.54) is 44.0 Å². The van der Waals surface area contributed by atoms with Gasteiger partial charge in [0.05, 0.1) is 22.0 Å². The number of hydrogen-bond donors (Lipinski definition) is 1. The number of nitrogens with zero attached hydrogens (tertiary/aromatic N) is 2. The molecule has 2 aliphatic rings. The summed E-state index contributed by atoms with van der Waals surface area (Å²) in [5.41, 5.74) is 11.5. The highest BCUT2D eigenvalue weighted by molar-refractivity contribution is 7.10. The number of allylic oxidation sites excluding steroid dienone is 1. The van der Waals surface area contributed by atoms with Crippen molar-refractivity contribution in [1.82, 2.24) is 9.55 Å². The van der Waals surface area contributed by atoms with E-state index in [4.69, 9.17) is 4.99 Å². The van der Waals surface area contributed by atoms with Gasteiger partial charge in [0.2, 0.25) is 0 Å². The lowest BCUT2D eigenvalue weighted by Crippen LogP contribution is -2.38. The molecule has 3 aromatic heterocycles. The van der Waals surface area contributed by atoms with Gasteiger partial charge < -0.3 is 4.98 Å². The number of aromatic amines is 1. The number of fused-ring (bicyclic) bond motifs is 4. The number of aromatic nitrogens is 2. The van der Waals surface area contributed by atoms with E-state index in [2.05, 4.69) is 103 Å². The van der Waals surface area contributed by atoms with E-state index in [1.54, 1.807) is 11.3 Å². The number of aryl methyl sites for hydroxylation is 3. The minimum atomic E-state index is -0.127. The van der Waals surface area contributed by atoms with Crippen LogP contribution in [0, 0.1) is 13.8 Å². The SMILES string of the molecule is Cc1cc(C)c2[nH]c(-c3ccccc3)c(/C=c3/sc4n(c3=O)[C@@H](c3cccs3)C3=C(N=4)c4ccccc4CC3)c2c1. The molecule has 1 aliphatic heterocycles. The van der Waals surface area contributed by atoms with Crippen molar-refractivity contribution >= 4 is 45.3 Å². The third-order valence-corrected chi connectivity index (χ3v) is 10.2. The Bertz CT molecular complexity index is 2200. The number of benzene rings is 3. The van der Waals surface area contributed by atoms with Crippen LogP contribution in [-0.2, 0) is 6.42 Å². The van der Waals surface area contributed by atoms with Crippen LogP contribution in [0.25, 0.3) is 33.9 Å². The van der Waals surface area contributed by atoms with Crippen molar-refractivity contribution in [3.63, 3.8) is 0 Å². The Hall–Kier alpha value is -4.26. The highest BCUT2D eigenvalue weighted by Gasteiger charge is 2.33. The molecule has 3 aromatic carbocycles. The number of rotatable bonds is 3. The van der Waals surface area contributed by atoms with E-state index in [-0.39, 0.29) is 11.6 Å². The maximum Gasteiger partial charge on any atom is 0.271 e. The molecule has 0 spiro atoms. The highest BCUT2D eigenvalue weighted by Crippen LogP contribution is 2.42. The Morgan fingerprint density at radius 1 is 0.976 bits per heavy atom. The molecule has 41 heavy (non-hydrogen) atoms. The van der Waals surface area contributed by atoms with E-state index in [1.807, 2.05) is 10.6 Å². The van der Waals surface area contributed by atoms with Gasteiger partial charge in [-0.15, -0.1) is 11.3 Å². The van der Waals surface area contributed by atoms with Crippen molar-refractivity contribution in [1.29, 1.82) is 0 Å². The second kappa shape index (κ2) is 9.40. The summed E-state index contributed by atoms with van der Waals surface area (Å²) in [5.74, 6) is 0. The molecule has 8 rings (SSSR count). The monoisotopic (exact) mass is 569 g/mol. The highest BCUT2D eigenvalue weighted by atomic mass is 32.1. The topological polar surface area (TPSA) is 50.1 Å². The first-order valence-corrected chi connectivity index (χ1v) is 15.6. The van der Waals surface area contributed by atoms with Gasteiger partial charge in [-0.1, -0.05) is 83.6 Å². The molecule has 4 nitrogen and oxygen atoms in total. The molecule has 4 heterocycles. The smallest absolute Gasteiger partial charge is 0.271 e. The summed E-state index contributed by atoms with van der Waals surface area (Å²) in [6.45, 7) is 4.27. The fourth-order valence-electron chi connectivity index (χ4n) is 6.50. The fraction of sp³-hybridized carbons (Fsp3) is 0.143. The first-order valence-electron chi connectivity index (χ1n) is 13.9. The van der Waals surface area contributed by atoms with Gasteiger partial charge in [0.15, 0.2) is 4.80 Å². The molecule has 0 saturated carbocycles. The number of thiazole rings is 1. The molecule has 1 atom stereocenters. The second-order valence-corrected chi connectivity index (χ2v) is 12.9. The quantitative estimate of drug-likeness (QED) is 0.242. The van der Waals surface area contributed by atoms with Crippen molar-refractivity contribution in [2.75, 3.05) is 0 Å². The van der Waals surface area contributed by atoms with Crippen molar-refractivity contribution in [3.05, 3.63) is 142 Å². The lowest BCUT2D eigenvalue weighted by Gasteiger charge is -2.30. The molecule has 0 bridgehead atoms. The Morgan fingerprint density at radius 3 is 2.63 bits per heavy atom. The summed E-state index contributed by atoms with van der Waals surface area (Å²) in [5, 5.41) is 3.24. The fourth-order valence-corrected chi connectivity index (χ4v) is 8.34. The van der Waals surface area contributed by atoms with Gasteiger partial charge in [-0.25, -0.2) is 4.99 Å². The van der Waals surface area contributed by atoms with E-state index in [0.717, 1.165) is 51.1 Å². The molecule has 0 saturated heterocycles. The molecule has 1 aliphatic carbocycles. The molecular weight excluding hydrogens is 543 g/mol. The largest absolute Gasteiger partial charge is 0.354 e. The first-order chi connectivity index (χ1) is 20.1. The number of H-pyrrole nitrogens is 1. The minimum absolute atomic E-state index is 0.0234. The standard InChI is InChI=1S/C35H27N3OS2/c1-20-17-21(2)30-26(18-20)27(31(36-30)23-10-4-3-5-11-23)19-29-34(39)38-33(28-13-8-16-40-28)25-15-14-22-9-6-7-12-24(22)32(25)37-35(38)41-29/h3-13,16-19,33,36H,14-15H2,1-2H3/b29-19+/t33-/m1/s1. The van der Waals surface area contributed by atoms with Crippen molar-refractivity contribution in [2.45, 2.75) is 32.7 Å². The molecule has 0 amide bonds. The van der Waals surface area contributed by atoms with Crippen LogP contribution in [0.1, 0.15) is 45.2 Å². The normalized spacial score (nSPS) is 16.4. The summed E-state index contributed by atoms with van der Waals surface area (Å²) < 4.78 is 2.65. The zero-order valence-electron chi connectivity index (χ0n) is 22.8. The zero-order valence-corrected chi connectivity index (χ0v) is 24.4. The van der Waals surface area contributed by atoms with Crippen LogP contribution in [0.5, 0.6) is 0 Å². The van der Waals surface area contributed by atoms with Crippen molar-refractivity contribution in [2.24, 2.45) is 4.99 Å². The molecular formula is C35H27N3OS2. The van der Waals surface area contributed by atoms with Crippen LogP contribution in [0.2, 0.25) is 0 Å². The average molecular weight is 570 g/mol. The van der Waals surface area contributed by atoms with Gasteiger partial charge in [-0.05, 0) is 72.5 Å². The van der Waals surface area contributed by atoms with Crippen LogP contribution in [-0.4, -0.2) is 9.55 Å². The Morgan fingerprint density at radius 2 is 1.80 bits per heavy atom. The molecule has 1 N–H and O–H groups in total. The average Bonchev–Trinajstić information content (AvgIpc) is 3.72. The summed E-state index contributed by atoms with van der Waals surface area (Å²) >= 11 is 3.21. The van der Waals surface area contributed by atoms with Gasteiger partial charge in [-0.2, -0.15) is 0 Å². The van der Waals surface area contributed by atoms with Gasteiger partial charge in [0, 0.05) is 26.9 Å². The van der Waals surface area contributed by atoms with Gasteiger partial charge in [-0.3, -0.25) is 9.36 Å². The predicted molar refractivity (Wildman–Crippen MR) is 170 cm³/mol. The summed E-state index contributed by atoms with van der Waals surface area (Å²) in [4.78, 5) is 25.2. The molecule has 6 aromatic rings. The third kappa shape index (κ3) is 3.85. The first kappa shape index (κ1) is 24.5. The number of nitrogens with one attached hydrogen (secondary N) is 1. The number of thiophene rings is 1. The van der Waals surface area contributed by atoms with Crippen molar-refractivity contribution in [3.8, 4) is 11.3 Å². The lowest BCUT2D eigenvalue weighted by molar-refractivity contribution is 0.593. The van der Waals surface area contributed by atoms with E-state index >= 15 is 0 Å². The Kier molecular flexibility index (Phi) is 5.62. The van der Waals surface area contributed by atoms with Crippen LogP contribution in [0.4, 0.5) is 0 Å². The second-order valence-electron chi connectivity index (χ2n) is 10.9. The van der Waals surface area contributed by atoms with Gasteiger partial charge >= 0.3 is 0 Å². The van der Waals surface area contributed by atoms with E-state index in [9.17, 15) is 4.79 Å². The van der Waals surface area contributed by atoms with Crippen LogP contribution in [0.3, 0.4) is 0 Å². The predicted octanol–water partition coefficient (Wildman–Crippen LogP) is 7.15. The third-order valence-electron chi connectivity index (χ3n) is 8.31. The van der Waals surface area contributed by atoms with E-state index < -0.39 is 0 Å². The van der Waals surface area contributed by atoms with Gasteiger partial charge in [0.1, 0.15) is 0 Å². The molecule has 0 fully saturated rings. The van der Waals surface area contributed by atoms with Crippen LogP contribution < -0.4 is 14.9 Å². The van der Waals surface area contributed by atoms with Crippen LogP contribution in [0.15, 0.2) is 99.6 Å². The molecule has 0 radical (unpaired) electrons. The molecule has 6 heteroatoms. The minimum Gasteiger partial charge on any atom is -0.354 e. The maximum atomic E-state index is 14.3. The lowest BCUT2D eigenvalue weighted by atomic mass is 9.85. The summed E-state index contributed by atoms with van der Waals surface area (Å²) in [6.07, 6.45) is 3.96. The van der Waals surface area contributed by atoms with Crippen molar-refractivity contribution < 1.29 is 0 Å². The molecule has 200 valence electrons.